The fraction of sp³-hybridized carbons (Fsp3) is 0.529. The Bertz CT molecular complexity index is 563. The van der Waals surface area contributed by atoms with E-state index < -0.39 is 0 Å². The van der Waals surface area contributed by atoms with Gasteiger partial charge in [0.2, 0.25) is 0 Å². The van der Waals surface area contributed by atoms with Crippen molar-refractivity contribution in [2.75, 3.05) is 0 Å². The summed E-state index contributed by atoms with van der Waals surface area (Å²) in [5.41, 5.74) is 6.66. The van der Waals surface area contributed by atoms with Crippen LogP contribution in [0.5, 0.6) is 0 Å². The second kappa shape index (κ2) is 3.65. The first kappa shape index (κ1) is 12.4. The highest BCUT2D eigenvalue weighted by Crippen LogP contribution is 2.67. The van der Waals surface area contributed by atoms with Gasteiger partial charge < -0.3 is 0 Å². The topological polar surface area (TPSA) is 0 Å². The number of thioether (sulfide) groups is 2. The van der Waals surface area contributed by atoms with Gasteiger partial charge in [0, 0.05) is 0 Å². The molecule has 1 saturated carbocycles. The van der Waals surface area contributed by atoms with Crippen LogP contribution in [0.1, 0.15) is 47.0 Å². The fourth-order valence-electron chi connectivity index (χ4n) is 4.29. The van der Waals surface area contributed by atoms with Crippen molar-refractivity contribution in [3.63, 3.8) is 0 Å². The largest absolute Gasteiger partial charge is 0.118 e. The van der Waals surface area contributed by atoms with Gasteiger partial charge in [0.05, 0.1) is 9.49 Å². The molecule has 100 valence electrons. The van der Waals surface area contributed by atoms with Crippen LogP contribution in [0.25, 0.3) is 0 Å². The summed E-state index contributed by atoms with van der Waals surface area (Å²) in [5, 5.41) is 0. The number of hydrogen-bond acceptors (Lipinski definition) is 2. The molecule has 2 heterocycles. The second-order valence-corrected chi connectivity index (χ2v) is 9.75. The highest BCUT2D eigenvalue weighted by molar-refractivity contribution is 8.09. The third-order valence-corrected chi connectivity index (χ3v) is 8.31. The summed E-state index contributed by atoms with van der Waals surface area (Å²) in [7, 11) is 0. The Labute approximate surface area is 124 Å². The van der Waals surface area contributed by atoms with Crippen LogP contribution in [-0.2, 0) is 0 Å². The van der Waals surface area contributed by atoms with Gasteiger partial charge in [-0.25, -0.2) is 0 Å². The van der Waals surface area contributed by atoms with Gasteiger partial charge >= 0.3 is 0 Å². The van der Waals surface area contributed by atoms with Gasteiger partial charge in [0.25, 0.3) is 0 Å². The van der Waals surface area contributed by atoms with Gasteiger partial charge in [-0.15, -0.1) is 23.5 Å². The Kier molecular flexibility index (Phi) is 2.38. The highest BCUT2D eigenvalue weighted by atomic mass is 32.2. The highest BCUT2D eigenvalue weighted by Gasteiger charge is 2.58. The van der Waals surface area contributed by atoms with Crippen LogP contribution >= 0.6 is 23.5 Å². The van der Waals surface area contributed by atoms with Crippen molar-refractivity contribution in [2.45, 2.75) is 56.5 Å². The molecule has 0 aromatic heterocycles. The summed E-state index contributed by atoms with van der Waals surface area (Å²) in [5.74, 6) is 0. The number of allylic oxidation sites excluding steroid dienone is 6. The molecule has 0 aromatic rings. The van der Waals surface area contributed by atoms with Crippen molar-refractivity contribution in [1.29, 1.82) is 0 Å². The smallest absolute Gasteiger partial charge is 0.0615 e. The normalized spacial score (nSPS) is 40.2. The predicted octanol–water partition coefficient (Wildman–Crippen LogP) is 5.60. The third kappa shape index (κ3) is 1.35. The monoisotopic (exact) mass is 288 g/mol. The average molecular weight is 288 g/mol. The zero-order valence-corrected chi connectivity index (χ0v) is 13.7. The molecule has 2 aliphatic heterocycles. The van der Waals surface area contributed by atoms with Crippen LogP contribution in [0, 0.1) is 0 Å². The summed E-state index contributed by atoms with van der Waals surface area (Å²) in [6, 6.07) is 0. The summed E-state index contributed by atoms with van der Waals surface area (Å²) in [6.07, 6.45) is 8.88. The van der Waals surface area contributed by atoms with E-state index in [-0.39, 0.29) is 9.49 Å². The van der Waals surface area contributed by atoms with Gasteiger partial charge in [0.15, 0.2) is 0 Å². The molecule has 4 aliphatic rings. The molecule has 0 amide bonds. The van der Waals surface area contributed by atoms with Gasteiger partial charge in [-0.3, -0.25) is 0 Å². The van der Waals surface area contributed by atoms with E-state index in [0.29, 0.717) is 0 Å². The van der Waals surface area contributed by atoms with Crippen molar-refractivity contribution in [2.24, 2.45) is 0 Å². The summed E-state index contributed by atoms with van der Waals surface area (Å²) >= 11 is 4.19. The average Bonchev–Trinajstić information content (AvgIpc) is 2.95. The summed E-state index contributed by atoms with van der Waals surface area (Å²) in [6.45, 7) is 9.50. The Morgan fingerprint density at radius 1 is 0.842 bits per heavy atom. The number of hydrogen-bond donors (Lipinski definition) is 0. The lowest BCUT2D eigenvalue weighted by molar-refractivity contribution is 0.607. The van der Waals surface area contributed by atoms with Crippen LogP contribution in [-0.4, -0.2) is 9.49 Å². The maximum absolute atomic E-state index is 2.47. The molecular formula is C17H20S2. The zero-order valence-electron chi connectivity index (χ0n) is 12.1. The molecule has 2 unspecified atom stereocenters. The molecule has 1 fully saturated rings. The summed E-state index contributed by atoms with van der Waals surface area (Å²) < 4.78 is 0.461. The second-order valence-electron chi connectivity index (χ2n) is 6.42. The zero-order chi connectivity index (χ0) is 13.4. The maximum atomic E-state index is 2.47. The Balaban J connectivity index is 2.04. The third-order valence-electron chi connectivity index (χ3n) is 5.23. The molecule has 19 heavy (non-hydrogen) atoms. The molecule has 2 aliphatic carbocycles. The van der Waals surface area contributed by atoms with Crippen molar-refractivity contribution < 1.29 is 0 Å². The number of rotatable bonds is 0. The van der Waals surface area contributed by atoms with Crippen molar-refractivity contribution in [3.8, 4) is 0 Å². The van der Waals surface area contributed by atoms with Gasteiger partial charge in [-0.1, -0.05) is 0 Å². The molecule has 0 aromatic carbocycles. The van der Waals surface area contributed by atoms with E-state index in [1.807, 2.05) is 0 Å². The van der Waals surface area contributed by atoms with Crippen LogP contribution in [0.2, 0.25) is 0 Å². The van der Waals surface area contributed by atoms with Crippen molar-refractivity contribution >= 4 is 23.5 Å². The van der Waals surface area contributed by atoms with E-state index in [0.717, 1.165) is 0 Å². The van der Waals surface area contributed by atoms with E-state index in [1.54, 1.807) is 22.3 Å². The minimum absolute atomic E-state index is 0.231. The molecule has 0 bridgehead atoms. The fourth-order valence-corrected chi connectivity index (χ4v) is 7.38. The molecule has 0 spiro atoms. The first-order valence-corrected chi connectivity index (χ1v) is 8.81. The molecule has 0 radical (unpaired) electrons. The predicted molar refractivity (Wildman–Crippen MR) is 87.4 cm³/mol. The molecule has 2 atom stereocenters. The van der Waals surface area contributed by atoms with Crippen LogP contribution in [0.4, 0.5) is 0 Å². The minimum atomic E-state index is 0.231. The Hall–Kier alpha value is -0.340. The van der Waals surface area contributed by atoms with E-state index in [2.05, 4.69) is 63.4 Å². The lowest BCUT2D eigenvalue weighted by Crippen LogP contribution is -2.47. The molecule has 0 nitrogen and oxygen atoms in total. The molecular weight excluding hydrogens is 268 g/mol. The quantitative estimate of drug-likeness (QED) is 0.569. The first-order chi connectivity index (χ1) is 8.96. The van der Waals surface area contributed by atoms with Crippen molar-refractivity contribution in [3.05, 3.63) is 44.3 Å². The Morgan fingerprint density at radius 2 is 1.26 bits per heavy atom. The lowest BCUT2D eigenvalue weighted by Gasteiger charge is -2.47. The van der Waals surface area contributed by atoms with Gasteiger partial charge in [0.1, 0.15) is 0 Å². The van der Waals surface area contributed by atoms with Gasteiger partial charge in [-0.05, 0) is 91.2 Å². The minimum Gasteiger partial charge on any atom is -0.118 e. The lowest BCUT2D eigenvalue weighted by atomic mass is 9.72. The molecule has 0 N–H and O–H groups in total. The van der Waals surface area contributed by atoms with E-state index in [4.69, 9.17) is 0 Å². The van der Waals surface area contributed by atoms with E-state index in [9.17, 15) is 0 Å². The van der Waals surface area contributed by atoms with Crippen LogP contribution < -0.4 is 0 Å². The molecule has 2 heteroatoms. The SMILES string of the molecule is CC1=CC2=C3CCCC3=C3C=C(C)SC3(C)C2(C)S1. The molecule has 4 rings (SSSR count). The Morgan fingerprint density at radius 3 is 1.68 bits per heavy atom. The standard InChI is InChI=1S/C17H20S2/c1-10-8-14-12-6-5-7-13(12)15-9-11(2)19-17(15,4)16(14,3)18-10/h8-9H,5-7H2,1-4H3. The van der Waals surface area contributed by atoms with Crippen LogP contribution in [0.3, 0.4) is 0 Å². The van der Waals surface area contributed by atoms with Crippen LogP contribution in [0.15, 0.2) is 44.3 Å². The maximum Gasteiger partial charge on any atom is 0.0615 e. The van der Waals surface area contributed by atoms with E-state index in [1.165, 1.54) is 29.1 Å². The van der Waals surface area contributed by atoms with Crippen molar-refractivity contribution in [1.82, 2.24) is 0 Å². The van der Waals surface area contributed by atoms with Gasteiger partial charge in [-0.2, -0.15) is 0 Å². The number of fused-ring (bicyclic) bond motifs is 4. The molecule has 0 saturated heterocycles. The summed E-state index contributed by atoms with van der Waals surface area (Å²) in [4.78, 5) is 2.98. The van der Waals surface area contributed by atoms with E-state index >= 15 is 0 Å². The first-order valence-electron chi connectivity index (χ1n) is 7.18.